The molecule has 1 aliphatic heterocycles. The minimum Gasteiger partial charge on any atom is -1.00 e. The quantitative estimate of drug-likeness (QED) is 0.762. The Balaban J connectivity index is 0.00000208. The molecule has 4 nitrogen and oxygen atoms in total. The zero-order valence-corrected chi connectivity index (χ0v) is 15.4. The molecule has 0 radical (unpaired) electrons. The van der Waals surface area contributed by atoms with Gasteiger partial charge in [0.2, 0.25) is 0 Å². The number of nitrogens with one attached hydrogen (secondary N) is 1. The summed E-state index contributed by atoms with van der Waals surface area (Å²) in [6.07, 6.45) is 0. The van der Waals surface area contributed by atoms with Crippen molar-refractivity contribution in [3.63, 3.8) is 0 Å². The summed E-state index contributed by atoms with van der Waals surface area (Å²) >= 11 is 0. The number of carbonyl (C=O) groups is 1. The Kier molecular flexibility index (Phi) is 5.52. The van der Waals surface area contributed by atoms with Crippen molar-refractivity contribution in [3.8, 4) is 0 Å². The van der Waals surface area contributed by atoms with E-state index in [0.717, 1.165) is 34.7 Å². The second kappa shape index (κ2) is 7.24. The lowest BCUT2D eigenvalue weighted by atomic mass is 10.1. The summed E-state index contributed by atoms with van der Waals surface area (Å²) in [5.41, 5.74) is 4.95. The lowest BCUT2D eigenvalue weighted by molar-refractivity contribution is -0.856. The largest absolute Gasteiger partial charge is 1.00 e. The highest BCUT2D eigenvalue weighted by molar-refractivity contribution is 6.13. The zero-order chi connectivity index (χ0) is 16.6. The van der Waals surface area contributed by atoms with Gasteiger partial charge in [-0.25, -0.2) is 0 Å². The molecule has 3 rings (SSSR count). The fourth-order valence-electron chi connectivity index (χ4n) is 3.02. The summed E-state index contributed by atoms with van der Waals surface area (Å²) < 4.78 is 0. The first kappa shape index (κ1) is 18.3. The van der Waals surface area contributed by atoms with Crippen LogP contribution in [0.4, 0.5) is 17.1 Å². The summed E-state index contributed by atoms with van der Waals surface area (Å²) in [5.74, 6) is 0.0815. The number of hydrogen-bond donors (Lipinski definition) is 1. The van der Waals surface area contributed by atoms with Crippen LogP contribution in [0.3, 0.4) is 0 Å². The highest BCUT2D eigenvalue weighted by Gasteiger charge is 2.29. The topological polar surface area (TPSA) is 28.0 Å². The Labute approximate surface area is 150 Å². The number of rotatable bonds is 3. The van der Waals surface area contributed by atoms with Gasteiger partial charge < -0.3 is 27.1 Å². The Morgan fingerprint density at radius 2 is 1.71 bits per heavy atom. The molecular weight excluding hydrogens is 322 g/mol. The number of hydrogen-bond acceptors (Lipinski definition) is 2. The molecule has 0 saturated carbocycles. The Hall–Kier alpha value is -2.04. The number of halogens is 1. The van der Waals surface area contributed by atoms with Crippen molar-refractivity contribution in [3.05, 3.63) is 53.6 Å². The molecule has 0 spiro atoms. The van der Waals surface area contributed by atoms with Gasteiger partial charge in [0.25, 0.3) is 5.91 Å². The first-order chi connectivity index (χ1) is 11.0. The van der Waals surface area contributed by atoms with Gasteiger partial charge in [0, 0.05) is 7.05 Å². The van der Waals surface area contributed by atoms with E-state index in [9.17, 15) is 4.79 Å². The monoisotopic (exact) mass is 345 g/mol. The number of aryl methyl sites for hydroxylation is 1. The Bertz CT molecular complexity index is 745. The van der Waals surface area contributed by atoms with Crippen molar-refractivity contribution >= 4 is 23.0 Å². The van der Waals surface area contributed by atoms with Gasteiger partial charge in [-0.2, -0.15) is 0 Å². The molecule has 0 saturated heterocycles. The van der Waals surface area contributed by atoms with Crippen LogP contribution in [0, 0.1) is 6.92 Å². The Morgan fingerprint density at radius 1 is 1.00 bits per heavy atom. The molecule has 2 aromatic carbocycles. The number of nitrogens with zero attached hydrogens (tertiary/aromatic N) is 2. The summed E-state index contributed by atoms with van der Waals surface area (Å²) in [4.78, 5) is 18.5. The molecule has 1 aliphatic rings. The van der Waals surface area contributed by atoms with E-state index < -0.39 is 0 Å². The van der Waals surface area contributed by atoms with Crippen LogP contribution in [0.5, 0.6) is 0 Å². The van der Waals surface area contributed by atoms with E-state index in [2.05, 4.69) is 44.1 Å². The third-order valence-electron chi connectivity index (χ3n) is 4.36. The van der Waals surface area contributed by atoms with Gasteiger partial charge in [0.15, 0.2) is 0 Å². The molecule has 128 valence electrons. The predicted molar refractivity (Wildman–Crippen MR) is 95.0 cm³/mol. The number of para-hydroxylation sites is 1. The van der Waals surface area contributed by atoms with Crippen molar-refractivity contribution in [1.29, 1.82) is 0 Å². The Morgan fingerprint density at radius 3 is 2.42 bits per heavy atom. The minimum absolute atomic E-state index is 0. The molecule has 1 amide bonds. The third-order valence-corrected chi connectivity index (χ3v) is 4.36. The van der Waals surface area contributed by atoms with E-state index in [1.165, 1.54) is 4.90 Å². The number of anilines is 3. The molecule has 0 fully saturated rings. The first-order valence-corrected chi connectivity index (χ1v) is 8.03. The van der Waals surface area contributed by atoms with Crippen LogP contribution in [0.1, 0.15) is 15.9 Å². The molecule has 24 heavy (non-hydrogen) atoms. The maximum Gasteiger partial charge on any atom is 0.260 e. The molecule has 5 heteroatoms. The fourth-order valence-corrected chi connectivity index (χ4v) is 3.02. The maximum absolute atomic E-state index is 13.2. The highest BCUT2D eigenvalue weighted by atomic mass is 35.5. The SMILES string of the molecule is Cc1ccc2c(c1)N(CC[NH+](C)C)C(=O)c1ccccc1N2C.[Cl-]. The van der Waals surface area contributed by atoms with Crippen molar-refractivity contribution in [2.75, 3.05) is 44.0 Å². The van der Waals surface area contributed by atoms with E-state index in [4.69, 9.17) is 0 Å². The number of likely N-dealkylation sites (N-methyl/N-ethyl adjacent to an activating group) is 1. The molecule has 0 aliphatic carbocycles. The summed E-state index contributed by atoms with van der Waals surface area (Å²) in [6, 6.07) is 14.2. The fraction of sp³-hybridized carbons (Fsp3) is 0.316. The average molecular weight is 346 g/mol. The van der Waals surface area contributed by atoms with E-state index in [-0.39, 0.29) is 18.3 Å². The number of amides is 1. The summed E-state index contributed by atoms with van der Waals surface area (Å²) in [6.45, 7) is 3.68. The van der Waals surface area contributed by atoms with Crippen molar-refractivity contribution in [2.24, 2.45) is 0 Å². The van der Waals surface area contributed by atoms with Crippen LogP contribution in [0.2, 0.25) is 0 Å². The van der Waals surface area contributed by atoms with Crippen LogP contribution in [0.15, 0.2) is 42.5 Å². The molecule has 0 unspecified atom stereocenters. The first-order valence-electron chi connectivity index (χ1n) is 8.03. The second-order valence-electron chi connectivity index (χ2n) is 6.48. The lowest BCUT2D eigenvalue weighted by Crippen LogP contribution is -3.06. The van der Waals surface area contributed by atoms with Crippen LogP contribution in [-0.2, 0) is 0 Å². The standard InChI is InChI=1S/C19H23N3O.ClH/c1-14-9-10-17-18(13-14)22(12-11-20(2)3)19(23)15-7-5-6-8-16(15)21(17)4;/h5-10,13H,11-12H2,1-4H3;1H. The van der Waals surface area contributed by atoms with Gasteiger partial charge in [0.1, 0.15) is 0 Å². The van der Waals surface area contributed by atoms with Crippen molar-refractivity contribution < 1.29 is 22.1 Å². The lowest BCUT2D eigenvalue weighted by Gasteiger charge is -2.25. The third kappa shape index (κ3) is 3.25. The molecule has 1 heterocycles. The van der Waals surface area contributed by atoms with Gasteiger partial charge in [-0.3, -0.25) is 4.79 Å². The number of carbonyl (C=O) groups excluding carboxylic acids is 1. The normalized spacial score (nSPS) is 13.3. The smallest absolute Gasteiger partial charge is 0.260 e. The van der Waals surface area contributed by atoms with E-state index in [1.54, 1.807) is 0 Å². The van der Waals surface area contributed by atoms with Crippen LogP contribution in [0.25, 0.3) is 0 Å². The highest BCUT2D eigenvalue weighted by Crippen LogP contribution is 2.39. The van der Waals surface area contributed by atoms with Crippen molar-refractivity contribution in [2.45, 2.75) is 6.92 Å². The van der Waals surface area contributed by atoms with E-state index in [1.807, 2.05) is 36.2 Å². The van der Waals surface area contributed by atoms with Gasteiger partial charge in [-0.05, 0) is 36.8 Å². The average Bonchev–Trinajstić information content (AvgIpc) is 2.61. The van der Waals surface area contributed by atoms with Crippen LogP contribution >= 0.6 is 0 Å². The molecule has 0 aromatic heterocycles. The van der Waals surface area contributed by atoms with Gasteiger partial charge in [-0.1, -0.05) is 18.2 Å². The number of quaternary nitrogens is 1. The molecule has 2 aromatic rings. The van der Waals surface area contributed by atoms with Gasteiger partial charge in [0.05, 0.1) is 49.8 Å². The predicted octanol–water partition coefficient (Wildman–Crippen LogP) is -1.13. The van der Waals surface area contributed by atoms with Crippen LogP contribution < -0.4 is 27.1 Å². The molecular formula is C19H24ClN3O. The summed E-state index contributed by atoms with van der Waals surface area (Å²) in [7, 11) is 6.25. The van der Waals surface area contributed by atoms with Gasteiger partial charge in [-0.15, -0.1) is 0 Å². The number of fused-ring (bicyclic) bond motifs is 2. The van der Waals surface area contributed by atoms with E-state index >= 15 is 0 Å². The van der Waals surface area contributed by atoms with Crippen LogP contribution in [-0.4, -0.2) is 40.1 Å². The number of benzene rings is 2. The molecule has 0 atom stereocenters. The maximum atomic E-state index is 13.2. The van der Waals surface area contributed by atoms with Crippen molar-refractivity contribution in [1.82, 2.24) is 0 Å². The molecule has 0 bridgehead atoms. The minimum atomic E-state index is 0. The second-order valence-corrected chi connectivity index (χ2v) is 6.48. The zero-order valence-electron chi connectivity index (χ0n) is 14.6. The van der Waals surface area contributed by atoms with Gasteiger partial charge >= 0.3 is 0 Å². The van der Waals surface area contributed by atoms with E-state index in [0.29, 0.717) is 6.54 Å². The molecule has 1 N–H and O–H groups in total. The summed E-state index contributed by atoms with van der Waals surface area (Å²) in [5, 5.41) is 0.